The van der Waals surface area contributed by atoms with Crippen molar-refractivity contribution in [2.24, 2.45) is 0 Å². The van der Waals surface area contributed by atoms with Crippen molar-refractivity contribution < 1.29 is 18.3 Å². The van der Waals surface area contributed by atoms with Gasteiger partial charge in [0.05, 0.1) is 17.6 Å². The van der Waals surface area contributed by atoms with Crippen molar-refractivity contribution in [3.05, 3.63) is 54.1 Å². The quantitative estimate of drug-likeness (QED) is 0.784. The summed E-state index contributed by atoms with van der Waals surface area (Å²) in [4.78, 5) is 14.6. The summed E-state index contributed by atoms with van der Waals surface area (Å²) in [6, 6.07) is 5.77. The molecule has 0 atom stereocenters. The maximum atomic E-state index is 11.9. The van der Waals surface area contributed by atoms with Crippen molar-refractivity contribution in [3.63, 3.8) is 0 Å². The van der Waals surface area contributed by atoms with Crippen LogP contribution in [0.5, 0.6) is 0 Å². The molecule has 7 nitrogen and oxygen atoms in total. The summed E-state index contributed by atoms with van der Waals surface area (Å²) in [5, 5.41) is 8.78. The Hall–Kier alpha value is -2.19. The van der Waals surface area contributed by atoms with Gasteiger partial charge in [-0.3, -0.25) is 0 Å². The van der Waals surface area contributed by atoms with Gasteiger partial charge in [-0.1, -0.05) is 12.1 Å². The summed E-state index contributed by atoms with van der Waals surface area (Å²) in [7, 11) is -3.45. The maximum absolute atomic E-state index is 11.9. The Balaban J connectivity index is 1.89. The number of imidazole rings is 1. The number of nitrogens with one attached hydrogen (secondary N) is 1. The van der Waals surface area contributed by atoms with Gasteiger partial charge in [-0.25, -0.2) is 22.9 Å². The average Bonchev–Trinajstić information content (AvgIpc) is 2.91. The summed E-state index contributed by atoms with van der Waals surface area (Å²) in [6.07, 6.45) is 4.98. The van der Waals surface area contributed by atoms with Crippen LogP contribution < -0.4 is 4.72 Å². The van der Waals surface area contributed by atoms with Gasteiger partial charge in [0, 0.05) is 25.5 Å². The second-order valence-corrected chi connectivity index (χ2v) is 6.26. The highest BCUT2D eigenvalue weighted by molar-refractivity contribution is 7.88. The van der Waals surface area contributed by atoms with Gasteiger partial charge in [0.1, 0.15) is 0 Å². The Morgan fingerprint density at radius 2 is 2.00 bits per heavy atom. The summed E-state index contributed by atoms with van der Waals surface area (Å²) < 4.78 is 28.0. The molecule has 112 valence electrons. The molecule has 21 heavy (non-hydrogen) atoms. The summed E-state index contributed by atoms with van der Waals surface area (Å²) in [5.74, 6) is -1.22. The van der Waals surface area contributed by atoms with E-state index in [-0.39, 0.29) is 17.9 Å². The van der Waals surface area contributed by atoms with Crippen LogP contribution in [0, 0.1) is 0 Å². The van der Waals surface area contributed by atoms with Gasteiger partial charge in [-0.15, -0.1) is 0 Å². The highest BCUT2D eigenvalue weighted by Gasteiger charge is 2.11. The number of nitrogens with zero attached hydrogens (tertiary/aromatic N) is 2. The number of aromatic carboxylic acids is 1. The van der Waals surface area contributed by atoms with E-state index in [4.69, 9.17) is 5.11 Å². The van der Waals surface area contributed by atoms with Gasteiger partial charge in [-0.05, 0) is 17.7 Å². The van der Waals surface area contributed by atoms with Crippen molar-refractivity contribution in [1.29, 1.82) is 0 Å². The predicted octanol–water partition coefficient (Wildman–Crippen LogP) is 0.701. The number of hydrogen-bond acceptors (Lipinski definition) is 4. The third-order valence-corrected chi connectivity index (χ3v) is 4.17. The average molecular weight is 309 g/mol. The number of benzene rings is 1. The number of carboxylic acid groups (broad SMARTS) is 1. The molecule has 1 aromatic carbocycles. The molecule has 0 aliphatic rings. The molecule has 2 aromatic rings. The highest BCUT2D eigenvalue weighted by atomic mass is 32.2. The smallest absolute Gasteiger partial charge is 0.335 e. The molecule has 2 N–H and O–H groups in total. The van der Waals surface area contributed by atoms with Crippen LogP contribution in [0.15, 0.2) is 43.0 Å². The fourth-order valence-corrected chi connectivity index (χ4v) is 2.90. The van der Waals surface area contributed by atoms with Crippen molar-refractivity contribution in [2.75, 3.05) is 6.54 Å². The minimum Gasteiger partial charge on any atom is -0.478 e. The lowest BCUT2D eigenvalue weighted by Gasteiger charge is -2.07. The third kappa shape index (κ3) is 4.69. The van der Waals surface area contributed by atoms with E-state index in [1.54, 1.807) is 23.3 Å². The molecule has 2 rings (SSSR count). The minimum absolute atomic E-state index is 0.129. The Morgan fingerprint density at radius 1 is 1.29 bits per heavy atom. The van der Waals surface area contributed by atoms with Gasteiger partial charge < -0.3 is 9.67 Å². The van der Waals surface area contributed by atoms with Crippen molar-refractivity contribution in [1.82, 2.24) is 14.3 Å². The molecule has 0 amide bonds. The molecule has 0 aliphatic carbocycles. The second kappa shape index (κ2) is 6.51. The number of carboxylic acids is 1. The van der Waals surface area contributed by atoms with Crippen LogP contribution in [-0.2, 0) is 22.3 Å². The van der Waals surface area contributed by atoms with Crippen LogP contribution in [0.3, 0.4) is 0 Å². The Kier molecular flexibility index (Phi) is 4.71. The number of sulfonamides is 1. The first-order valence-corrected chi connectivity index (χ1v) is 7.87. The topological polar surface area (TPSA) is 101 Å². The monoisotopic (exact) mass is 309 g/mol. The molecule has 1 aromatic heterocycles. The van der Waals surface area contributed by atoms with Crippen molar-refractivity contribution >= 4 is 16.0 Å². The first-order valence-electron chi connectivity index (χ1n) is 6.21. The van der Waals surface area contributed by atoms with E-state index in [1.807, 2.05) is 0 Å². The zero-order chi connectivity index (χ0) is 15.3. The van der Waals surface area contributed by atoms with Gasteiger partial charge in [0.25, 0.3) is 0 Å². The predicted molar refractivity (Wildman–Crippen MR) is 76.3 cm³/mol. The van der Waals surface area contributed by atoms with Crippen LogP contribution in [-0.4, -0.2) is 35.6 Å². The fraction of sp³-hybridized carbons (Fsp3) is 0.231. The zero-order valence-electron chi connectivity index (χ0n) is 11.1. The SMILES string of the molecule is O=C(O)c1ccc(CS(=O)(=O)NCCn2ccnc2)cc1. The van der Waals surface area contributed by atoms with E-state index >= 15 is 0 Å². The Morgan fingerprint density at radius 3 is 2.57 bits per heavy atom. The second-order valence-electron chi connectivity index (χ2n) is 4.46. The number of hydrogen-bond donors (Lipinski definition) is 2. The first kappa shape index (κ1) is 15.2. The minimum atomic E-state index is -3.45. The molecule has 0 saturated heterocycles. The van der Waals surface area contributed by atoms with E-state index in [0.717, 1.165) is 0 Å². The van der Waals surface area contributed by atoms with Gasteiger partial charge in [0.15, 0.2) is 0 Å². The molecule has 1 heterocycles. The van der Waals surface area contributed by atoms with E-state index in [1.165, 1.54) is 24.3 Å². The lowest BCUT2D eigenvalue weighted by molar-refractivity contribution is 0.0697. The number of rotatable bonds is 7. The molecule has 0 spiro atoms. The van der Waals surface area contributed by atoms with Gasteiger partial charge >= 0.3 is 5.97 Å². The molecular formula is C13H15N3O4S. The third-order valence-electron chi connectivity index (χ3n) is 2.81. The molecule has 0 unspecified atom stereocenters. The van der Waals surface area contributed by atoms with Crippen molar-refractivity contribution in [2.45, 2.75) is 12.3 Å². The number of aromatic nitrogens is 2. The summed E-state index contributed by atoms with van der Waals surface area (Å²) >= 11 is 0. The fourth-order valence-electron chi connectivity index (χ4n) is 1.76. The largest absolute Gasteiger partial charge is 0.478 e. The molecule has 0 saturated carbocycles. The van der Waals surface area contributed by atoms with Crippen LogP contribution in [0.2, 0.25) is 0 Å². The van der Waals surface area contributed by atoms with Crippen LogP contribution >= 0.6 is 0 Å². The van der Waals surface area contributed by atoms with E-state index in [2.05, 4.69) is 9.71 Å². The standard InChI is InChI=1S/C13H15N3O4S/c17-13(18)12-3-1-11(2-4-12)9-21(19,20)15-6-8-16-7-5-14-10-16/h1-5,7,10,15H,6,8-9H2,(H,17,18). The summed E-state index contributed by atoms with van der Waals surface area (Å²) in [5.41, 5.74) is 0.666. The van der Waals surface area contributed by atoms with Crippen LogP contribution in [0.4, 0.5) is 0 Å². The highest BCUT2D eigenvalue weighted by Crippen LogP contribution is 2.07. The van der Waals surface area contributed by atoms with Crippen LogP contribution in [0.1, 0.15) is 15.9 Å². The summed E-state index contributed by atoms with van der Waals surface area (Å²) in [6.45, 7) is 0.767. The molecule has 8 heteroatoms. The normalized spacial score (nSPS) is 11.4. The Labute approximate surface area is 122 Å². The number of carbonyl (C=O) groups is 1. The van der Waals surface area contributed by atoms with E-state index < -0.39 is 16.0 Å². The first-order chi connectivity index (χ1) is 9.96. The van der Waals surface area contributed by atoms with Gasteiger partial charge in [-0.2, -0.15) is 0 Å². The lowest BCUT2D eigenvalue weighted by Crippen LogP contribution is -2.28. The molecular weight excluding hydrogens is 294 g/mol. The van der Waals surface area contributed by atoms with E-state index in [0.29, 0.717) is 12.1 Å². The van der Waals surface area contributed by atoms with E-state index in [9.17, 15) is 13.2 Å². The molecule has 0 fully saturated rings. The van der Waals surface area contributed by atoms with Gasteiger partial charge in [0.2, 0.25) is 10.0 Å². The molecule has 0 bridgehead atoms. The van der Waals surface area contributed by atoms with Crippen molar-refractivity contribution in [3.8, 4) is 0 Å². The maximum Gasteiger partial charge on any atom is 0.335 e. The zero-order valence-corrected chi connectivity index (χ0v) is 12.0. The Bertz CT molecular complexity index is 694. The lowest BCUT2D eigenvalue weighted by atomic mass is 10.1. The molecule has 0 aliphatic heterocycles. The molecule has 0 radical (unpaired) electrons. The van der Waals surface area contributed by atoms with Crippen LogP contribution in [0.25, 0.3) is 0 Å².